The van der Waals surface area contributed by atoms with Gasteiger partial charge >= 0.3 is 0 Å². The largest absolute Gasteiger partial charge is 0.494 e. The predicted octanol–water partition coefficient (Wildman–Crippen LogP) is 4.81. The highest BCUT2D eigenvalue weighted by Gasteiger charge is 2.27. The van der Waals surface area contributed by atoms with Crippen molar-refractivity contribution in [2.75, 3.05) is 29.9 Å². The topological polar surface area (TPSA) is 78.2 Å². The van der Waals surface area contributed by atoms with Gasteiger partial charge in [-0.3, -0.25) is 9.78 Å². The van der Waals surface area contributed by atoms with Crippen molar-refractivity contribution in [3.8, 4) is 11.8 Å². The molecule has 1 amide bonds. The Morgan fingerprint density at radius 1 is 1.28 bits per heavy atom. The van der Waals surface area contributed by atoms with Gasteiger partial charge in [0.15, 0.2) is 0 Å². The molecule has 0 aliphatic carbocycles. The van der Waals surface area contributed by atoms with Crippen molar-refractivity contribution in [3.05, 3.63) is 59.5 Å². The fraction of sp³-hybridized carbons (Fsp3) is 0.320. The minimum atomic E-state index is -0.290. The SMILES string of the molecule is CCOc1ccc2ncc(C#N)c(N3CCC(C(=O)Nc4ccc(F)c(C)c4)CC3)c2c1. The van der Waals surface area contributed by atoms with Gasteiger partial charge in [-0.05, 0) is 68.7 Å². The fourth-order valence-electron chi connectivity index (χ4n) is 4.17. The molecule has 2 aromatic carbocycles. The number of aryl methyl sites for hydroxylation is 1. The normalized spacial score (nSPS) is 14.2. The molecule has 32 heavy (non-hydrogen) atoms. The molecular weight excluding hydrogens is 407 g/mol. The van der Waals surface area contributed by atoms with E-state index in [0.717, 1.165) is 22.3 Å². The number of pyridine rings is 1. The quantitative estimate of drug-likeness (QED) is 0.626. The van der Waals surface area contributed by atoms with Crippen LogP contribution in [0.2, 0.25) is 0 Å². The van der Waals surface area contributed by atoms with E-state index in [-0.39, 0.29) is 17.6 Å². The predicted molar refractivity (Wildman–Crippen MR) is 122 cm³/mol. The van der Waals surface area contributed by atoms with E-state index in [1.54, 1.807) is 25.3 Å². The van der Waals surface area contributed by atoms with Gasteiger partial charge in [0.25, 0.3) is 0 Å². The van der Waals surface area contributed by atoms with E-state index in [0.29, 0.717) is 49.4 Å². The number of carbonyl (C=O) groups excluding carboxylic acids is 1. The van der Waals surface area contributed by atoms with Crippen molar-refractivity contribution in [1.29, 1.82) is 5.26 Å². The lowest BCUT2D eigenvalue weighted by Crippen LogP contribution is -2.38. The molecule has 0 saturated carbocycles. The first-order valence-electron chi connectivity index (χ1n) is 10.8. The summed E-state index contributed by atoms with van der Waals surface area (Å²) in [5.74, 6) is 0.243. The lowest BCUT2D eigenvalue weighted by Gasteiger charge is -2.34. The molecule has 0 unspecified atom stereocenters. The number of carbonyl (C=O) groups is 1. The summed E-state index contributed by atoms with van der Waals surface area (Å²) in [6.45, 7) is 5.45. The second kappa shape index (κ2) is 9.23. The van der Waals surface area contributed by atoms with Crippen LogP contribution in [0.3, 0.4) is 0 Å². The summed E-state index contributed by atoms with van der Waals surface area (Å²) in [5.41, 5.74) is 3.25. The number of nitrogens with zero attached hydrogens (tertiary/aromatic N) is 3. The molecule has 1 N–H and O–H groups in total. The Labute approximate surface area is 186 Å². The number of piperidine rings is 1. The Morgan fingerprint density at radius 2 is 2.06 bits per heavy atom. The van der Waals surface area contributed by atoms with Crippen LogP contribution in [0.5, 0.6) is 5.75 Å². The van der Waals surface area contributed by atoms with Gasteiger partial charge < -0.3 is 15.0 Å². The molecule has 4 rings (SSSR count). The Kier molecular flexibility index (Phi) is 6.22. The average Bonchev–Trinajstić information content (AvgIpc) is 2.81. The maximum atomic E-state index is 13.5. The lowest BCUT2D eigenvalue weighted by atomic mass is 9.94. The van der Waals surface area contributed by atoms with Crippen LogP contribution in [-0.2, 0) is 4.79 Å². The van der Waals surface area contributed by atoms with Crippen molar-refractivity contribution < 1.29 is 13.9 Å². The molecule has 1 fully saturated rings. The minimum Gasteiger partial charge on any atom is -0.494 e. The van der Waals surface area contributed by atoms with Gasteiger partial charge in [-0.2, -0.15) is 5.26 Å². The Morgan fingerprint density at radius 3 is 2.75 bits per heavy atom. The first-order chi connectivity index (χ1) is 15.5. The number of fused-ring (bicyclic) bond motifs is 1. The molecule has 1 aromatic heterocycles. The molecule has 0 atom stereocenters. The number of benzene rings is 2. The summed E-state index contributed by atoms with van der Waals surface area (Å²) in [7, 11) is 0. The van der Waals surface area contributed by atoms with E-state index < -0.39 is 0 Å². The summed E-state index contributed by atoms with van der Waals surface area (Å²) in [4.78, 5) is 19.3. The number of rotatable bonds is 5. The molecule has 1 saturated heterocycles. The van der Waals surface area contributed by atoms with Crippen LogP contribution in [0.15, 0.2) is 42.6 Å². The molecule has 164 valence electrons. The van der Waals surface area contributed by atoms with E-state index in [1.165, 1.54) is 6.07 Å². The van der Waals surface area contributed by atoms with Crippen molar-refractivity contribution in [1.82, 2.24) is 4.98 Å². The van der Waals surface area contributed by atoms with Gasteiger partial charge in [0.1, 0.15) is 17.6 Å². The van der Waals surface area contributed by atoms with Crippen LogP contribution in [0.4, 0.5) is 15.8 Å². The maximum Gasteiger partial charge on any atom is 0.227 e. The minimum absolute atomic E-state index is 0.0608. The number of nitrogens with one attached hydrogen (secondary N) is 1. The van der Waals surface area contributed by atoms with Gasteiger partial charge in [-0.25, -0.2) is 4.39 Å². The van der Waals surface area contributed by atoms with Crippen LogP contribution < -0.4 is 15.0 Å². The van der Waals surface area contributed by atoms with Gasteiger partial charge in [0, 0.05) is 36.3 Å². The second-order valence-electron chi connectivity index (χ2n) is 7.96. The number of halogens is 1. The molecule has 3 aromatic rings. The Bertz CT molecular complexity index is 1200. The maximum absolute atomic E-state index is 13.5. The number of hydrogen-bond donors (Lipinski definition) is 1. The summed E-state index contributed by atoms with van der Waals surface area (Å²) < 4.78 is 19.1. The summed E-state index contributed by atoms with van der Waals surface area (Å²) in [6.07, 6.45) is 2.92. The van der Waals surface area contributed by atoms with Crippen molar-refractivity contribution in [2.24, 2.45) is 5.92 Å². The number of ether oxygens (including phenoxy) is 1. The zero-order valence-electron chi connectivity index (χ0n) is 18.2. The molecule has 2 heterocycles. The number of aromatic nitrogens is 1. The lowest BCUT2D eigenvalue weighted by molar-refractivity contribution is -0.120. The van der Waals surface area contributed by atoms with E-state index in [2.05, 4.69) is 21.3 Å². The fourth-order valence-corrected chi connectivity index (χ4v) is 4.17. The zero-order valence-corrected chi connectivity index (χ0v) is 18.2. The monoisotopic (exact) mass is 432 g/mol. The van der Waals surface area contributed by atoms with Crippen molar-refractivity contribution >= 4 is 28.2 Å². The van der Waals surface area contributed by atoms with Crippen molar-refractivity contribution in [2.45, 2.75) is 26.7 Å². The molecule has 0 spiro atoms. The Balaban J connectivity index is 1.52. The molecular formula is C25H25FN4O2. The van der Waals surface area contributed by atoms with Crippen LogP contribution in [-0.4, -0.2) is 30.6 Å². The molecule has 1 aliphatic rings. The molecule has 6 nitrogen and oxygen atoms in total. The highest BCUT2D eigenvalue weighted by atomic mass is 19.1. The van der Waals surface area contributed by atoms with Gasteiger partial charge in [0.2, 0.25) is 5.91 Å². The highest BCUT2D eigenvalue weighted by molar-refractivity contribution is 5.96. The Hall–Kier alpha value is -3.66. The van der Waals surface area contributed by atoms with E-state index in [9.17, 15) is 14.4 Å². The average molecular weight is 432 g/mol. The molecule has 0 radical (unpaired) electrons. The zero-order chi connectivity index (χ0) is 22.7. The number of hydrogen-bond acceptors (Lipinski definition) is 5. The molecule has 1 aliphatic heterocycles. The van der Waals surface area contributed by atoms with Gasteiger partial charge in [-0.1, -0.05) is 0 Å². The summed E-state index contributed by atoms with van der Waals surface area (Å²) in [5, 5.41) is 13.5. The van der Waals surface area contributed by atoms with Crippen LogP contribution in [0.1, 0.15) is 30.9 Å². The van der Waals surface area contributed by atoms with Crippen LogP contribution >= 0.6 is 0 Å². The van der Waals surface area contributed by atoms with Gasteiger partial charge in [0.05, 0.1) is 23.4 Å². The van der Waals surface area contributed by atoms with Crippen LogP contribution in [0.25, 0.3) is 10.9 Å². The first-order valence-corrected chi connectivity index (χ1v) is 10.8. The third kappa shape index (κ3) is 4.35. The van der Waals surface area contributed by atoms with Crippen LogP contribution in [0, 0.1) is 30.0 Å². The number of anilines is 2. The van der Waals surface area contributed by atoms with E-state index >= 15 is 0 Å². The number of nitriles is 1. The van der Waals surface area contributed by atoms with Gasteiger partial charge in [-0.15, -0.1) is 0 Å². The number of amides is 1. The highest BCUT2D eigenvalue weighted by Crippen LogP contribution is 2.34. The van der Waals surface area contributed by atoms with E-state index in [1.807, 2.05) is 25.1 Å². The standard InChI is InChI=1S/C25H25FN4O2/c1-3-32-20-5-7-23-21(13-20)24(18(14-27)15-28-23)30-10-8-17(9-11-30)25(31)29-19-4-6-22(26)16(2)12-19/h4-7,12-13,15,17H,3,8-11H2,1-2H3,(H,29,31). The smallest absolute Gasteiger partial charge is 0.227 e. The summed E-state index contributed by atoms with van der Waals surface area (Å²) >= 11 is 0. The third-order valence-corrected chi connectivity index (χ3v) is 5.85. The molecule has 7 heteroatoms. The molecule has 0 bridgehead atoms. The second-order valence-corrected chi connectivity index (χ2v) is 7.96. The first kappa shape index (κ1) is 21.6. The third-order valence-electron chi connectivity index (χ3n) is 5.85. The van der Waals surface area contributed by atoms with E-state index in [4.69, 9.17) is 4.74 Å². The van der Waals surface area contributed by atoms with Crippen molar-refractivity contribution in [3.63, 3.8) is 0 Å². The summed E-state index contributed by atoms with van der Waals surface area (Å²) in [6, 6.07) is 12.5.